The third-order valence-corrected chi connectivity index (χ3v) is 1.82. The van der Waals surface area contributed by atoms with Gasteiger partial charge in [-0.25, -0.2) is 18.2 Å². The summed E-state index contributed by atoms with van der Waals surface area (Å²) in [5, 5.41) is 8.26. The van der Waals surface area contributed by atoms with E-state index in [0.29, 0.717) is 0 Å². The van der Waals surface area contributed by atoms with Gasteiger partial charge < -0.3 is 0 Å². The minimum atomic E-state index is -5.08. The largest absolute Gasteiger partial charge is 0.421 e. The number of pyridine rings is 1. The van der Waals surface area contributed by atoms with Gasteiger partial charge in [0.05, 0.1) is 18.2 Å². The van der Waals surface area contributed by atoms with Gasteiger partial charge in [-0.3, -0.25) is 0 Å². The molecule has 1 heterocycles. The van der Waals surface area contributed by atoms with Gasteiger partial charge in [0.15, 0.2) is 0 Å². The molecular weight excluding hydrogens is 250 g/mol. The molecule has 2 nitrogen and oxygen atoms in total. The van der Waals surface area contributed by atoms with Crippen LogP contribution in [0.3, 0.4) is 0 Å². The van der Waals surface area contributed by atoms with Crippen LogP contribution in [0.2, 0.25) is 0 Å². The maximum Gasteiger partial charge on any atom is 0.421 e. The highest BCUT2D eigenvalue weighted by atomic mass is 19.4. The predicted octanol–water partition coefficient (Wildman–Crippen LogP) is 3.24. The number of alkyl halides is 5. The summed E-state index contributed by atoms with van der Waals surface area (Å²) >= 11 is 0. The van der Waals surface area contributed by atoms with Crippen molar-refractivity contribution >= 4 is 0 Å². The van der Waals surface area contributed by atoms with Gasteiger partial charge in [-0.05, 0) is 0 Å². The van der Waals surface area contributed by atoms with Crippen molar-refractivity contribution in [2.24, 2.45) is 0 Å². The molecule has 0 saturated carbocycles. The predicted molar refractivity (Wildman–Crippen MR) is 43.5 cm³/mol. The van der Waals surface area contributed by atoms with Crippen LogP contribution in [0.5, 0.6) is 0 Å². The van der Waals surface area contributed by atoms with Crippen LogP contribution in [0, 0.1) is 17.1 Å². The summed E-state index contributed by atoms with van der Waals surface area (Å²) in [5.41, 5.74) is -3.93. The molecule has 8 heteroatoms. The minimum Gasteiger partial charge on any atom is -0.250 e. The zero-order valence-corrected chi connectivity index (χ0v) is 8.02. The minimum absolute atomic E-state index is 0.0222. The Bertz CT molecular complexity index is 460. The molecule has 1 aromatic heterocycles. The summed E-state index contributed by atoms with van der Waals surface area (Å²) in [6.07, 6.45) is -9.18. The van der Waals surface area contributed by atoms with E-state index in [0.717, 1.165) is 0 Å². The van der Waals surface area contributed by atoms with Crippen LogP contribution in [-0.4, -0.2) is 4.98 Å². The molecule has 0 aliphatic carbocycles. The lowest BCUT2D eigenvalue weighted by molar-refractivity contribution is -0.140. The molecule has 0 spiro atoms. The van der Waals surface area contributed by atoms with Crippen LogP contribution in [0.4, 0.5) is 26.3 Å². The first kappa shape index (κ1) is 13.3. The molecule has 0 fully saturated rings. The molecule has 0 N–H and O–H groups in total. The van der Waals surface area contributed by atoms with Crippen LogP contribution in [0.1, 0.15) is 23.4 Å². The van der Waals surface area contributed by atoms with Gasteiger partial charge >= 0.3 is 6.18 Å². The Labute approximate surface area is 91.5 Å². The van der Waals surface area contributed by atoms with E-state index in [1.54, 1.807) is 0 Å². The highest BCUT2D eigenvalue weighted by molar-refractivity contribution is 5.30. The van der Waals surface area contributed by atoms with E-state index in [1.165, 1.54) is 6.07 Å². The molecule has 0 radical (unpaired) electrons. The van der Waals surface area contributed by atoms with E-state index < -0.39 is 41.8 Å². The first-order valence-electron chi connectivity index (χ1n) is 4.19. The molecule has 0 bridgehead atoms. The second kappa shape index (κ2) is 4.61. The molecule has 0 saturated heterocycles. The lowest BCUT2D eigenvalue weighted by atomic mass is 10.1. The molecule has 92 valence electrons. The van der Waals surface area contributed by atoms with Crippen molar-refractivity contribution in [2.45, 2.75) is 19.0 Å². The average molecular weight is 254 g/mol. The van der Waals surface area contributed by atoms with Crippen molar-refractivity contribution in [1.29, 1.82) is 5.26 Å². The number of rotatable bonds is 2. The fourth-order valence-electron chi connectivity index (χ4n) is 1.20. The Morgan fingerprint density at radius 2 is 1.94 bits per heavy atom. The third kappa shape index (κ3) is 2.87. The van der Waals surface area contributed by atoms with E-state index in [9.17, 15) is 26.3 Å². The molecule has 0 aliphatic heterocycles. The van der Waals surface area contributed by atoms with Crippen molar-refractivity contribution in [2.75, 3.05) is 0 Å². The van der Waals surface area contributed by atoms with Crippen LogP contribution in [0.25, 0.3) is 0 Å². The zero-order valence-electron chi connectivity index (χ0n) is 8.02. The number of hydrogen-bond acceptors (Lipinski definition) is 2. The van der Waals surface area contributed by atoms with Crippen LogP contribution in [-0.2, 0) is 12.6 Å². The lowest BCUT2D eigenvalue weighted by Crippen LogP contribution is -2.15. The molecule has 0 aromatic carbocycles. The van der Waals surface area contributed by atoms with Crippen LogP contribution >= 0.6 is 0 Å². The molecule has 0 atom stereocenters. The lowest BCUT2D eigenvalue weighted by Gasteiger charge is -2.12. The fourth-order valence-corrected chi connectivity index (χ4v) is 1.20. The molecule has 1 rings (SSSR count). The third-order valence-electron chi connectivity index (χ3n) is 1.82. The highest BCUT2D eigenvalue weighted by Crippen LogP contribution is 2.35. The van der Waals surface area contributed by atoms with Crippen molar-refractivity contribution in [3.8, 4) is 6.07 Å². The molecule has 0 amide bonds. The topological polar surface area (TPSA) is 36.7 Å². The Kier molecular flexibility index (Phi) is 3.60. The quantitative estimate of drug-likeness (QED) is 0.759. The maximum absolute atomic E-state index is 13.1. The van der Waals surface area contributed by atoms with Gasteiger partial charge in [-0.1, -0.05) is 0 Å². The van der Waals surface area contributed by atoms with Crippen molar-refractivity contribution in [1.82, 2.24) is 4.98 Å². The van der Waals surface area contributed by atoms with E-state index in [4.69, 9.17) is 5.26 Å². The fraction of sp³-hybridized carbons (Fsp3) is 0.333. The van der Waals surface area contributed by atoms with Gasteiger partial charge in [-0.2, -0.15) is 18.4 Å². The van der Waals surface area contributed by atoms with Crippen molar-refractivity contribution in [3.05, 3.63) is 28.8 Å². The number of aromatic nitrogens is 1. The van der Waals surface area contributed by atoms with E-state index in [-0.39, 0.29) is 6.07 Å². The highest BCUT2D eigenvalue weighted by Gasteiger charge is 2.38. The van der Waals surface area contributed by atoms with E-state index in [2.05, 4.69) is 4.98 Å². The smallest absolute Gasteiger partial charge is 0.250 e. The summed E-state index contributed by atoms with van der Waals surface area (Å²) in [6.45, 7) is 0. The van der Waals surface area contributed by atoms with Crippen molar-refractivity contribution in [3.63, 3.8) is 0 Å². The van der Waals surface area contributed by atoms with Crippen LogP contribution < -0.4 is 0 Å². The van der Waals surface area contributed by atoms with Gasteiger partial charge in [0.1, 0.15) is 17.1 Å². The summed E-state index contributed by atoms with van der Waals surface area (Å²) in [7, 11) is 0. The maximum atomic E-state index is 13.1. The number of halogens is 6. The second-order valence-corrected chi connectivity index (χ2v) is 2.98. The Balaban J connectivity index is 3.45. The van der Waals surface area contributed by atoms with Gasteiger partial charge in [0, 0.05) is 6.07 Å². The monoisotopic (exact) mass is 254 g/mol. The Morgan fingerprint density at radius 1 is 1.35 bits per heavy atom. The summed E-state index contributed by atoms with van der Waals surface area (Å²) < 4.78 is 74.7. The van der Waals surface area contributed by atoms with Gasteiger partial charge in [0.2, 0.25) is 0 Å². The molecule has 17 heavy (non-hydrogen) atoms. The number of hydrogen-bond donors (Lipinski definition) is 0. The van der Waals surface area contributed by atoms with Gasteiger partial charge in [0.25, 0.3) is 6.43 Å². The first-order chi connectivity index (χ1) is 7.77. The second-order valence-electron chi connectivity index (χ2n) is 2.98. The van der Waals surface area contributed by atoms with Crippen LogP contribution in [0.15, 0.2) is 6.07 Å². The summed E-state index contributed by atoms with van der Waals surface area (Å²) in [5.74, 6) is -1.85. The molecule has 0 unspecified atom stereocenters. The SMILES string of the molecule is N#CCc1nc(C(F)F)cc(F)c1C(F)(F)F. The Morgan fingerprint density at radius 3 is 2.35 bits per heavy atom. The average Bonchev–Trinajstić information content (AvgIpc) is 2.14. The molecule has 1 aromatic rings. The number of nitriles is 1. The first-order valence-corrected chi connectivity index (χ1v) is 4.19. The molecule has 0 aliphatic rings. The van der Waals surface area contributed by atoms with E-state index >= 15 is 0 Å². The standard InChI is InChI=1S/C9H4F6N2/c10-4-3-6(8(11)12)17-5(1-2-16)7(4)9(13,14)15/h3,8H,1H2. The van der Waals surface area contributed by atoms with Crippen molar-refractivity contribution < 1.29 is 26.3 Å². The van der Waals surface area contributed by atoms with Gasteiger partial charge in [-0.15, -0.1) is 0 Å². The van der Waals surface area contributed by atoms with E-state index in [1.807, 2.05) is 0 Å². The normalized spacial score (nSPS) is 11.6. The Hall–Kier alpha value is -1.78. The summed E-state index contributed by atoms with van der Waals surface area (Å²) in [4.78, 5) is 2.96. The molecular formula is C9H4F6N2. The summed E-state index contributed by atoms with van der Waals surface area (Å²) in [6, 6.07) is 1.34. The number of nitrogens with zero attached hydrogens (tertiary/aromatic N) is 2. The zero-order chi connectivity index (χ0) is 13.2.